The Hall–Kier alpha value is -2.97. The molecule has 7 nitrogen and oxygen atoms in total. The minimum atomic E-state index is -0.491. The molecule has 0 saturated heterocycles. The Morgan fingerprint density at radius 1 is 1.16 bits per heavy atom. The maximum atomic E-state index is 13.6. The highest BCUT2D eigenvalue weighted by molar-refractivity contribution is 7.98. The molecular formula is C29H33ClN4O3S. The highest BCUT2D eigenvalue weighted by Crippen LogP contribution is 2.39. The van der Waals surface area contributed by atoms with Gasteiger partial charge in [-0.3, -0.25) is 0 Å². The Labute approximate surface area is 233 Å². The van der Waals surface area contributed by atoms with E-state index in [2.05, 4.69) is 12.2 Å². The predicted molar refractivity (Wildman–Crippen MR) is 151 cm³/mol. The standard InChI is InChI=1S/C29H33ClN4O3S/c1-3-16-36-23-14-9-11-20(17-23)26-25(27(35)37-22-12-5-4-6-13-22)19(2)31-28-32-29(33-34(26)28)38-18-21-10-7-8-15-24(21)30/h7-11,14-15,17,22,26H,3-6,12-13,16,18H2,1-2H3,(H,31,32,33). The SMILES string of the molecule is CCCOc1cccc(C2C(C(=O)OC3CCCCC3)=C(C)Nc3nc(SCc4ccccc4Cl)nn32)c1. The van der Waals surface area contributed by atoms with Crippen molar-refractivity contribution >= 4 is 35.3 Å². The number of rotatable bonds is 9. The van der Waals surface area contributed by atoms with Crippen LogP contribution in [0.2, 0.25) is 5.02 Å². The van der Waals surface area contributed by atoms with Gasteiger partial charge in [0.2, 0.25) is 11.1 Å². The number of aromatic nitrogens is 3. The number of benzene rings is 2. The van der Waals surface area contributed by atoms with E-state index in [4.69, 9.17) is 31.2 Å². The van der Waals surface area contributed by atoms with Gasteiger partial charge < -0.3 is 14.8 Å². The fraction of sp³-hybridized carbons (Fsp3) is 0.414. The third-order valence-corrected chi connectivity index (χ3v) is 8.10. The lowest BCUT2D eigenvalue weighted by Gasteiger charge is -2.30. The van der Waals surface area contributed by atoms with Gasteiger partial charge in [0.1, 0.15) is 17.9 Å². The zero-order valence-corrected chi connectivity index (χ0v) is 23.4. The Morgan fingerprint density at radius 2 is 1.97 bits per heavy atom. The zero-order chi connectivity index (χ0) is 26.5. The van der Waals surface area contributed by atoms with Crippen LogP contribution in [-0.4, -0.2) is 33.4 Å². The molecule has 2 heterocycles. The van der Waals surface area contributed by atoms with Crippen molar-refractivity contribution in [3.63, 3.8) is 0 Å². The number of fused-ring (bicyclic) bond motifs is 1. The van der Waals surface area contributed by atoms with Crippen LogP contribution in [0.25, 0.3) is 0 Å². The van der Waals surface area contributed by atoms with E-state index in [1.54, 1.807) is 4.68 Å². The summed E-state index contributed by atoms with van der Waals surface area (Å²) >= 11 is 7.86. The molecule has 0 bridgehead atoms. The fourth-order valence-electron chi connectivity index (χ4n) is 4.92. The number of anilines is 1. The van der Waals surface area contributed by atoms with Gasteiger partial charge in [0.25, 0.3) is 0 Å². The highest BCUT2D eigenvalue weighted by atomic mass is 35.5. The zero-order valence-electron chi connectivity index (χ0n) is 21.8. The first-order valence-electron chi connectivity index (χ1n) is 13.3. The first-order valence-corrected chi connectivity index (χ1v) is 14.6. The van der Waals surface area contributed by atoms with Gasteiger partial charge in [-0.25, -0.2) is 9.48 Å². The Bertz CT molecular complexity index is 1320. The van der Waals surface area contributed by atoms with E-state index >= 15 is 0 Å². The number of ether oxygens (including phenoxy) is 2. The number of hydrogen-bond acceptors (Lipinski definition) is 7. The number of nitrogens with zero attached hydrogens (tertiary/aromatic N) is 3. The van der Waals surface area contributed by atoms with E-state index in [1.165, 1.54) is 18.2 Å². The molecule has 1 aliphatic carbocycles. The molecule has 1 fully saturated rings. The number of nitrogens with one attached hydrogen (secondary N) is 1. The molecule has 1 saturated carbocycles. The number of esters is 1. The van der Waals surface area contributed by atoms with E-state index in [1.807, 2.05) is 55.5 Å². The van der Waals surface area contributed by atoms with Gasteiger partial charge >= 0.3 is 5.97 Å². The summed E-state index contributed by atoms with van der Waals surface area (Å²) in [6.07, 6.45) is 6.06. The van der Waals surface area contributed by atoms with Crippen molar-refractivity contribution in [2.24, 2.45) is 0 Å². The lowest BCUT2D eigenvalue weighted by molar-refractivity contribution is -0.146. The summed E-state index contributed by atoms with van der Waals surface area (Å²) < 4.78 is 13.7. The third kappa shape index (κ3) is 6.02. The molecule has 5 rings (SSSR count). The van der Waals surface area contributed by atoms with Crippen molar-refractivity contribution in [1.29, 1.82) is 0 Å². The molecule has 1 atom stereocenters. The topological polar surface area (TPSA) is 78.3 Å². The summed E-state index contributed by atoms with van der Waals surface area (Å²) in [6, 6.07) is 15.1. The summed E-state index contributed by atoms with van der Waals surface area (Å²) in [4.78, 5) is 18.4. The Morgan fingerprint density at radius 3 is 2.76 bits per heavy atom. The molecule has 3 aromatic rings. The van der Waals surface area contributed by atoms with Gasteiger partial charge in [-0.15, -0.1) is 5.10 Å². The van der Waals surface area contributed by atoms with Gasteiger partial charge in [0, 0.05) is 16.5 Å². The Kier molecular flexibility index (Phi) is 8.59. The number of carbonyl (C=O) groups is 1. The van der Waals surface area contributed by atoms with Crippen LogP contribution in [0.15, 0.2) is 65.0 Å². The molecular weight excluding hydrogens is 520 g/mol. The molecule has 200 valence electrons. The molecule has 0 radical (unpaired) electrons. The highest BCUT2D eigenvalue weighted by Gasteiger charge is 2.36. The summed E-state index contributed by atoms with van der Waals surface area (Å²) in [5.41, 5.74) is 3.17. The second kappa shape index (κ2) is 12.3. The summed E-state index contributed by atoms with van der Waals surface area (Å²) in [6.45, 7) is 4.60. The molecule has 38 heavy (non-hydrogen) atoms. The quantitative estimate of drug-likeness (QED) is 0.222. The molecule has 1 unspecified atom stereocenters. The second-order valence-corrected chi connectivity index (χ2v) is 11.0. The number of thioether (sulfide) groups is 1. The fourth-order valence-corrected chi connectivity index (χ4v) is 6.03. The van der Waals surface area contributed by atoms with E-state index in [0.29, 0.717) is 34.1 Å². The van der Waals surface area contributed by atoms with Crippen molar-refractivity contribution in [1.82, 2.24) is 14.8 Å². The molecule has 9 heteroatoms. The van der Waals surface area contributed by atoms with E-state index in [0.717, 1.165) is 54.7 Å². The largest absolute Gasteiger partial charge is 0.494 e. The van der Waals surface area contributed by atoms with Crippen LogP contribution in [0.4, 0.5) is 5.95 Å². The summed E-state index contributed by atoms with van der Waals surface area (Å²) in [5, 5.41) is 9.46. The number of allylic oxidation sites excluding steroid dienone is 1. The second-order valence-electron chi connectivity index (χ2n) is 9.70. The molecule has 0 amide bonds. The van der Waals surface area contributed by atoms with Crippen LogP contribution in [0, 0.1) is 0 Å². The maximum absolute atomic E-state index is 13.6. The number of halogens is 1. The molecule has 1 aliphatic heterocycles. The van der Waals surface area contributed by atoms with E-state index in [9.17, 15) is 4.79 Å². The van der Waals surface area contributed by atoms with Crippen LogP contribution in [0.5, 0.6) is 5.75 Å². The van der Waals surface area contributed by atoms with Gasteiger partial charge in [0.05, 0.1) is 12.2 Å². The van der Waals surface area contributed by atoms with E-state index in [-0.39, 0.29) is 12.1 Å². The van der Waals surface area contributed by atoms with Crippen molar-refractivity contribution in [2.75, 3.05) is 11.9 Å². The minimum absolute atomic E-state index is 0.0460. The molecule has 0 spiro atoms. The normalized spacial score (nSPS) is 17.6. The maximum Gasteiger partial charge on any atom is 0.338 e. The van der Waals surface area contributed by atoms with Gasteiger partial charge in [0.15, 0.2) is 0 Å². The van der Waals surface area contributed by atoms with E-state index < -0.39 is 6.04 Å². The van der Waals surface area contributed by atoms with Crippen molar-refractivity contribution in [3.8, 4) is 5.75 Å². The monoisotopic (exact) mass is 552 g/mol. The number of hydrogen-bond donors (Lipinski definition) is 1. The predicted octanol–water partition coefficient (Wildman–Crippen LogP) is 7.18. The van der Waals surface area contributed by atoms with Crippen LogP contribution in [-0.2, 0) is 15.3 Å². The smallest absolute Gasteiger partial charge is 0.338 e. The van der Waals surface area contributed by atoms with Gasteiger partial charge in [-0.2, -0.15) is 4.98 Å². The average Bonchev–Trinajstić information content (AvgIpc) is 3.33. The third-order valence-electron chi connectivity index (χ3n) is 6.84. The van der Waals surface area contributed by atoms with Crippen LogP contribution in [0.3, 0.4) is 0 Å². The lowest BCUT2D eigenvalue weighted by atomic mass is 9.94. The van der Waals surface area contributed by atoms with Crippen LogP contribution >= 0.6 is 23.4 Å². The minimum Gasteiger partial charge on any atom is -0.494 e. The van der Waals surface area contributed by atoms with Gasteiger partial charge in [-0.1, -0.05) is 67.0 Å². The van der Waals surface area contributed by atoms with Crippen LogP contribution in [0.1, 0.15) is 69.5 Å². The first-order chi connectivity index (χ1) is 18.5. The number of carbonyl (C=O) groups excluding carboxylic acids is 1. The molecule has 1 aromatic heterocycles. The van der Waals surface area contributed by atoms with Crippen molar-refractivity contribution in [3.05, 3.63) is 76.0 Å². The summed E-state index contributed by atoms with van der Waals surface area (Å²) in [5.74, 6) is 1.67. The van der Waals surface area contributed by atoms with Crippen molar-refractivity contribution < 1.29 is 14.3 Å². The molecule has 2 aromatic carbocycles. The van der Waals surface area contributed by atoms with Crippen LogP contribution < -0.4 is 10.1 Å². The molecule has 1 N–H and O–H groups in total. The average molecular weight is 553 g/mol. The first kappa shape index (κ1) is 26.6. The lowest BCUT2D eigenvalue weighted by Crippen LogP contribution is -2.32. The Balaban J connectivity index is 1.47. The molecule has 2 aliphatic rings. The summed E-state index contributed by atoms with van der Waals surface area (Å²) in [7, 11) is 0. The van der Waals surface area contributed by atoms with Gasteiger partial charge in [-0.05, 0) is 68.4 Å². The van der Waals surface area contributed by atoms with Crippen molar-refractivity contribution in [2.45, 2.75) is 75.4 Å².